The molecule has 0 aromatic rings. The van der Waals surface area contributed by atoms with E-state index < -0.39 is 9.92 Å². The molecule has 0 amide bonds. The van der Waals surface area contributed by atoms with E-state index in [1.807, 2.05) is 0 Å². The van der Waals surface area contributed by atoms with E-state index in [4.69, 9.17) is 5.84 Å². The van der Waals surface area contributed by atoms with Gasteiger partial charge in [0.1, 0.15) is 16.3 Å². The molecule has 1 saturated heterocycles. The zero-order valence-electron chi connectivity index (χ0n) is 6.43. The van der Waals surface area contributed by atoms with Crippen molar-refractivity contribution in [2.24, 2.45) is 15.2 Å². The summed E-state index contributed by atoms with van der Waals surface area (Å²) in [5, 5.41) is 0. The number of hydrazine groups is 1. The third-order valence-corrected chi connectivity index (χ3v) is 3.64. The van der Waals surface area contributed by atoms with E-state index in [2.05, 4.69) is 9.36 Å². The van der Waals surface area contributed by atoms with Gasteiger partial charge in [-0.2, -0.15) is 8.78 Å². The van der Waals surface area contributed by atoms with Crippen LogP contribution in [0, 0.1) is 0 Å². The lowest BCUT2D eigenvalue weighted by Crippen LogP contribution is -2.32. The van der Waals surface area contributed by atoms with Gasteiger partial charge in [0.15, 0.2) is 0 Å². The van der Waals surface area contributed by atoms with Crippen LogP contribution in [-0.2, 0) is 9.92 Å². The molecule has 5 nitrogen and oxygen atoms in total. The van der Waals surface area contributed by atoms with E-state index in [0.29, 0.717) is 12.3 Å². The Kier molecular flexibility index (Phi) is 2.58. The maximum Gasteiger partial charge on any atom is 0.129 e. The van der Waals surface area contributed by atoms with Gasteiger partial charge in [-0.3, -0.25) is 10.8 Å². The fourth-order valence-electron chi connectivity index (χ4n) is 0.902. The normalized spacial score (nSPS) is 33.3. The minimum Gasteiger partial charge on any atom is -0.276 e. The van der Waals surface area contributed by atoms with Gasteiger partial charge in [-0.15, -0.1) is 0 Å². The highest BCUT2D eigenvalue weighted by molar-refractivity contribution is 7.91. The first-order valence-electron chi connectivity index (χ1n) is 3.36. The summed E-state index contributed by atoms with van der Waals surface area (Å²) in [5.41, 5.74) is 0. The summed E-state index contributed by atoms with van der Waals surface area (Å²) in [4.78, 5) is 3.63. The van der Waals surface area contributed by atoms with Crippen molar-refractivity contribution in [3.8, 4) is 0 Å². The average molecular weight is 176 g/mol. The van der Waals surface area contributed by atoms with E-state index in [9.17, 15) is 4.21 Å². The second kappa shape index (κ2) is 3.29. The second-order valence-corrected chi connectivity index (χ2v) is 4.59. The second-order valence-electron chi connectivity index (χ2n) is 2.28. The molecule has 6 heteroatoms. The fraction of sp³-hybridized carbons (Fsp3) is 0.800. The third-order valence-electron chi connectivity index (χ3n) is 1.48. The Morgan fingerprint density at radius 1 is 1.73 bits per heavy atom. The van der Waals surface area contributed by atoms with E-state index in [-0.39, 0.29) is 0 Å². The summed E-state index contributed by atoms with van der Waals surface area (Å²) < 4.78 is 16.7. The van der Waals surface area contributed by atoms with Crippen LogP contribution in [-0.4, -0.2) is 34.3 Å². The number of hydrogen-bond acceptors (Lipinski definition) is 3. The smallest absolute Gasteiger partial charge is 0.129 e. The van der Waals surface area contributed by atoms with Gasteiger partial charge in [0, 0.05) is 19.3 Å². The summed E-state index contributed by atoms with van der Waals surface area (Å²) in [7, 11) is -0.722. The first-order valence-corrected chi connectivity index (χ1v) is 5.00. The molecule has 2 N–H and O–H groups in total. The van der Waals surface area contributed by atoms with Gasteiger partial charge in [-0.1, -0.05) is 0 Å². The van der Waals surface area contributed by atoms with Crippen LogP contribution < -0.4 is 5.84 Å². The van der Waals surface area contributed by atoms with Crippen molar-refractivity contribution < 1.29 is 4.21 Å². The van der Waals surface area contributed by atoms with Crippen molar-refractivity contribution in [2.75, 3.05) is 19.3 Å². The number of aliphatic imine (C=N–C) groups is 1. The first kappa shape index (κ1) is 8.63. The van der Waals surface area contributed by atoms with Crippen LogP contribution in [0.15, 0.2) is 9.36 Å². The maximum atomic E-state index is 11.6. The lowest BCUT2D eigenvalue weighted by molar-refractivity contribution is 0.495. The molecule has 1 unspecified atom stereocenters. The lowest BCUT2D eigenvalue weighted by atomic mass is 10.5. The third kappa shape index (κ3) is 1.76. The zero-order valence-corrected chi connectivity index (χ0v) is 7.25. The molecule has 1 fully saturated rings. The van der Waals surface area contributed by atoms with Crippen molar-refractivity contribution in [3.05, 3.63) is 0 Å². The average Bonchev–Trinajstić information content (AvgIpc) is 2.30. The summed E-state index contributed by atoms with van der Waals surface area (Å²) in [5.74, 6) is 6.01. The summed E-state index contributed by atoms with van der Waals surface area (Å²) in [6.45, 7) is 0.653. The van der Waals surface area contributed by atoms with Crippen molar-refractivity contribution >= 4 is 16.3 Å². The number of rotatable bonds is 1. The number of hydrogen-bond donors (Lipinski definition) is 1. The fourth-order valence-corrected chi connectivity index (χ4v) is 2.52. The van der Waals surface area contributed by atoms with Gasteiger partial charge < -0.3 is 0 Å². The van der Waals surface area contributed by atoms with Crippen LogP contribution in [0.25, 0.3) is 0 Å². The van der Waals surface area contributed by atoms with Crippen molar-refractivity contribution in [1.82, 2.24) is 4.41 Å². The Balaban J connectivity index is 2.89. The molecule has 0 bridgehead atoms. The Morgan fingerprint density at radius 3 is 2.91 bits per heavy atom. The SMILES string of the molecule is C/N=C\N=S1(=O)CCCN1N. The predicted molar refractivity (Wildman–Crippen MR) is 45.4 cm³/mol. The Morgan fingerprint density at radius 2 is 2.45 bits per heavy atom. The van der Waals surface area contributed by atoms with Gasteiger partial charge in [0.25, 0.3) is 0 Å². The molecule has 1 aliphatic rings. The molecule has 1 aliphatic heterocycles. The molecule has 0 aliphatic carbocycles. The molecule has 1 heterocycles. The van der Waals surface area contributed by atoms with E-state index in [1.165, 1.54) is 10.8 Å². The molecule has 0 aromatic carbocycles. The number of nitrogens with two attached hydrogens (primary N) is 1. The topological polar surface area (TPSA) is 71.0 Å². The molecule has 0 saturated carbocycles. The summed E-state index contributed by atoms with van der Waals surface area (Å²) in [6.07, 6.45) is 2.14. The molecular weight excluding hydrogens is 164 g/mol. The molecule has 1 atom stereocenters. The highest BCUT2D eigenvalue weighted by Crippen LogP contribution is 2.10. The van der Waals surface area contributed by atoms with Crippen molar-refractivity contribution in [1.29, 1.82) is 0 Å². The van der Waals surface area contributed by atoms with Crippen LogP contribution in [0.1, 0.15) is 6.42 Å². The molecule has 1 rings (SSSR count). The molecule has 64 valence electrons. The maximum absolute atomic E-state index is 11.6. The van der Waals surface area contributed by atoms with Crippen LogP contribution in [0.2, 0.25) is 0 Å². The van der Waals surface area contributed by atoms with Gasteiger partial charge >= 0.3 is 0 Å². The summed E-state index contributed by atoms with van der Waals surface area (Å²) in [6, 6.07) is 0. The minimum atomic E-state index is -2.31. The standard InChI is InChI=1S/C5H12N4OS/c1-7-5-8-11(10)4-2-3-9(11)6/h5H,2-4,6H2,1H3/b7-5-. The quantitative estimate of drug-likeness (QED) is 0.335. The summed E-state index contributed by atoms with van der Waals surface area (Å²) >= 11 is 0. The number of nitrogens with zero attached hydrogens (tertiary/aromatic N) is 3. The van der Waals surface area contributed by atoms with Gasteiger partial charge in [-0.25, -0.2) is 4.21 Å². The highest BCUT2D eigenvalue weighted by Gasteiger charge is 2.22. The highest BCUT2D eigenvalue weighted by atomic mass is 32.2. The van der Waals surface area contributed by atoms with Crippen LogP contribution in [0.4, 0.5) is 0 Å². The van der Waals surface area contributed by atoms with Gasteiger partial charge in [-0.05, 0) is 6.42 Å². The van der Waals surface area contributed by atoms with Gasteiger partial charge in [0.2, 0.25) is 0 Å². The lowest BCUT2D eigenvalue weighted by Gasteiger charge is -2.08. The Hall–Kier alpha value is -0.460. The molecular formula is C5H12N4OS. The first-order chi connectivity index (χ1) is 5.19. The zero-order chi connectivity index (χ0) is 8.32. The van der Waals surface area contributed by atoms with Crippen molar-refractivity contribution in [3.63, 3.8) is 0 Å². The minimum absolute atomic E-state index is 0.551. The van der Waals surface area contributed by atoms with Crippen LogP contribution >= 0.6 is 0 Å². The molecule has 0 radical (unpaired) electrons. The Bertz CT molecular complexity index is 266. The molecule has 0 aromatic heterocycles. The van der Waals surface area contributed by atoms with E-state index >= 15 is 0 Å². The predicted octanol–water partition coefficient (Wildman–Crippen LogP) is -0.393. The molecule has 0 spiro atoms. The van der Waals surface area contributed by atoms with Crippen molar-refractivity contribution in [2.45, 2.75) is 6.42 Å². The monoisotopic (exact) mass is 176 g/mol. The van der Waals surface area contributed by atoms with Crippen LogP contribution in [0.5, 0.6) is 0 Å². The molecule has 11 heavy (non-hydrogen) atoms. The van der Waals surface area contributed by atoms with E-state index in [0.717, 1.165) is 6.42 Å². The van der Waals surface area contributed by atoms with Gasteiger partial charge in [0.05, 0.1) is 0 Å². The van der Waals surface area contributed by atoms with E-state index in [1.54, 1.807) is 7.05 Å². The Labute approximate surface area is 66.6 Å². The largest absolute Gasteiger partial charge is 0.276 e. The van der Waals surface area contributed by atoms with Crippen LogP contribution in [0.3, 0.4) is 0 Å².